The van der Waals surface area contributed by atoms with Crippen LogP contribution >= 0.6 is 0 Å². The number of aromatic amines is 1. The summed E-state index contributed by atoms with van der Waals surface area (Å²) in [4.78, 5) is 3.32. The van der Waals surface area contributed by atoms with Gasteiger partial charge in [0.05, 0.1) is 0 Å². The van der Waals surface area contributed by atoms with Gasteiger partial charge in [-0.05, 0) is 35.7 Å². The molecule has 0 saturated heterocycles. The van der Waals surface area contributed by atoms with Crippen LogP contribution in [0.1, 0.15) is 23.6 Å². The largest absolute Gasteiger partial charge is 0.361 e. The first kappa shape index (κ1) is 8.54. The van der Waals surface area contributed by atoms with Crippen molar-refractivity contribution in [2.24, 2.45) is 0 Å². The second-order valence-electron chi connectivity index (χ2n) is 3.97. The van der Waals surface area contributed by atoms with E-state index in [1.807, 2.05) is 13.1 Å². The minimum atomic E-state index is 1.07. The highest BCUT2D eigenvalue weighted by molar-refractivity contribution is 5.76. The van der Waals surface area contributed by atoms with E-state index in [1.165, 1.54) is 27.9 Å². The Morgan fingerprint density at radius 3 is 3.00 bits per heavy atom. The van der Waals surface area contributed by atoms with Crippen LogP contribution in [-0.2, 0) is 6.42 Å². The van der Waals surface area contributed by atoms with Crippen LogP contribution in [0.25, 0.3) is 17.3 Å². The molecule has 1 aromatic heterocycles. The van der Waals surface area contributed by atoms with Gasteiger partial charge in [-0.3, -0.25) is 0 Å². The summed E-state index contributed by atoms with van der Waals surface area (Å²) in [5.74, 6) is 0. The van der Waals surface area contributed by atoms with Crippen LogP contribution in [0.4, 0.5) is 0 Å². The molecule has 0 radical (unpaired) electrons. The lowest BCUT2D eigenvalue weighted by molar-refractivity contribution is 1.27. The van der Waals surface area contributed by atoms with E-state index in [-0.39, 0.29) is 0 Å². The van der Waals surface area contributed by atoms with Gasteiger partial charge in [0.25, 0.3) is 0 Å². The number of hydrogen-bond acceptors (Lipinski definition) is 0. The van der Waals surface area contributed by atoms with Crippen molar-refractivity contribution >= 4 is 6.08 Å². The molecule has 2 aromatic rings. The van der Waals surface area contributed by atoms with Gasteiger partial charge in [0.1, 0.15) is 0 Å². The van der Waals surface area contributed by atoms with E-state index < -0.39 is 0 Å². The molecular weight excluding hydrogens is 182 g/mol. The topological polar surface area (TPSA) is 15.8 Å². The molecule has 0 fully saturated rings. The van der Waals surface area contributed by atoms with Crippen molar-refractivity contribution in [1.29, 1.82) is 0 Å². The SMILES string of the molecule is CC=Cc1ccc2c(c1)-c1[nH]ccc1C2. The molecule has 0 spiro atoms. The first-order valence-corrected chi connectivity index (χ1v) is 5.31. The van der Waals surface area contributed by atoms with Gasteiger partial charge in [0.15, 0.2) is 0 Å². The highest BCUT2D eigenvalue weighted by atomic mass is 14.7. The highest BCUT2D eigenvalue weighted by Gasteiger charge is 2.18. The summed E-state index contributed by atoms with van der Waals surface area (Å²) in [5.41, 5.74) is 6.80. The van der Waals surface area contributed by atoms with Crippen molar-refractivity contribution in [3.8, 4) is 11.3 Å². The van der Waals surface area contributed by atoms with Crippen molar-refractivity contribution in [2.75, 3.05) is 0 Å². The molecule has 1 nitrogen and oxygen atoms in total. The van der Waals surface area contributed by atoms with Crippen LogP contribution in [0.2, 0.25) is 0 Å². The van der Waals surface area contributed by atoms with Crippen molar-refractivity contribution in [3.63, 3.8) is 0 Å². The van der Waals surface area contributed by atoms with Crippen molar-refractivity contribution in [2.45, 2.75) is 13.3 Å². The molecule has 1 aliphatic carbocycles. The summed E-state index contributed by atoms with van der Waals surface area (Å²) in [6.07, 6.45) is 7.31. The maximum Gasteiger partial charge on any atom is 0.0492 e. The Bertz CT molecular complexity index is 532. The molecule has 0 bridgehead atoms. The summed E-state index contributed by atoms with van der Waals surface area (Å²) in [5, 5.41) is 0. The second kappa shape index (κ2) is 3.13. The molecule has 1 aromatic carbocycles. The van der Waals surface area contributed by atoms with E-state index >= 15 is 0 Å². The number of aromatic nitrogens is 1. The number of benzene rings is 1. The molecule has 15 heavy (non-hydrogen) atoms. The smallest absolute Gasteiger partial charge is 0.0492 e. The molecule has 0 aliphatic heterocycles. The van der Waals surface area contributed by atoms with Crippen molar-refractivity contribution in [1.82, 2.24) is 4.98 Å². The number of nitrogens with one attached hydrogen (secondary N) is 1. The normalized spacial score (nSPS) is 13.1. The molecule has 3 rings (SSSR count). The minimum absolute atomic E-state index is 1.07. The van der Waals surface area contributed by atoms with Gasteiger partial charge in [-0.25, -0.2) is 0 Å². The molecule has 1 heteroatoms. The Balaban J connectivity index is 2.18. The van der Waals surface area contributed by atoms with Gasteiger partial charge >= 0.3 is 0 Å². The number of H-pyrrole nitrogens is 1. The molecule has 1 heterocycles. The van der Waals surface area contributed by atoms with Crippen LogP contribution in [0.3, 0.4) is 0 Å². The molecule has 74 valence electrons. The Labute approximate surface area is 89.5 Å². The van der Waals surface area contributed by atoms with E-state index in [1.54, 1.807) is 0 Å². The van der Waals surface area contributed by atoms with E-state index in [0.29, 0.717) is 0 Å². The van der Waals surface area contributed by atoms with Crippen LogP contribution in [0, 0.1) is 0 Å². The average Bonchev–Trinajstić information content (AvgIpc) is 2.78. The number of fused-ring (bicyclic) bond motifs is 3. The first-order valence-electron chi connectivity index (χ1n) is 5.31. The number of hydrogen-bond donors (Lipinski definition) is 1. The lowest BCUT2D eigenvalue weighted by atomic mass is 10.1. The number of allylic oxidation sites excluding steroid dienone is 1. The maximum absolute atomic E-state index is 3.32. The Morgan fingerprint density at radius 2 is 2.13 bits per heavy atom. The predicted octanol–water partition coefficient (Wildman–Crippen LogP) is 3.62. The van der Waals surface area contributed by atoms with Gasteiger partial charge < -0.3 is 4.98 Å². The molecule has 1 aliphatic rings. The second-order valence-corrected chi connectivity index (χ2v) is 3.97. The van der Waals surface area contributed by atoms with E-state index in [9.17, 15) is 0 Å². The maximum atomic E-state index is 3.32. The molecule has 1 N–H and O–H groups in total. The first-order chi connectivity index (χ1) is 7.38. The Kier molecular flexibility index (Phi) is 1.78. The van der Waals surface area contributed by atoms with Gasteiger partial charge in [-0.2, -0.15) is 0 Å². The molecular formula is C14H13N. The van der Waals surface area contributed by atoms with Gasteiger partial charge in [-0.1, -0.05) is 24.3 Å². The minimum Gasteiger partial charge on any atom is -0.361 e. The standard InChI is InChI=1S/C14H13N/c1-2-3-10-4-5-11-9-12-6-7-15-14(12)13(11)8-10/h2-8,15H,9H2,1H3. The van der Waals surface area contributed by atoms with Crippen LogP contribution in [-0.4, -0.2) is 4.98 Å². The van der Waals surface area contributed by atoms with E-state index in [2.05, 4.69) is 41.4 Å². The average molecular weight is 195 g/mol. The molecule has 0 saturated carbocycles. The summed E-state index contributed by atoms with van der Waals surface area (Å²) in [6, 6.07) is 8.85. The van der Waals surface area contributed by atoms with Crippen LogP contribution in [0.5, 0.6) is 0 Å². The van der Waals surface area contributed by atoms with Gasteiger partial charge in [0, 0.05) is 23.9 Å². The molecule has 0 amide bonds. The quantitative estimate of drug-likeness (QED) is 0.610. The Morgan fingerprint density at radius 1 is 1.20 bits per heavy atom. The third-order valence-corrected chi connectivity index (χ3v) is 2.98. The van der Waals surface area contributed by atoms with Crippen molar-refractivity contribution in [3.05, 3.63) is 53.2 Å². The lowest BCUT2D eigenvalue weighted by Crippen LogP contribution is -1.82. The van der Waals surface area contributed by atoms with E-state index in [0.717, 1.165) is 6.42 Å². The zero-order chi connectivity index (χ0) is 10.3. The van der Waals surface area contributed by atoms with Crippen LogP contribution < -0.4 is 0 Å². The summed E-state index contributed by atoms with van der Waals surface area (Å²) in [7, 11) is 0. The summed E-state index contributed by atoms with van der Waals surface area (Å²) < 4.78 is 0. The Hall–Kier alpha value is -1.76. The molecule has 0 atom stereocenters. The zero-order valence-electron chi connectivity index (χ0n) is 8.75. The predicted molar refractivity (Wildman–Crippen MR) is 63.7 cm³/mol. The van der Waals surface area contributed by atoms with E-state index in [4.69, 9.17) is 0 Å². The monoisotopic (exact) mass is 195 g/mol. The highest BCUT2D eigenvalue weighted by Crippen LogP contribution is 2.35. The molecule has 0 unspecified atom stereocenters. The van der Waals surface area contributed by atoms with Gasteiger partial charge in [0.2, 0.25) is 0 Å². The third-order valence-electron chi connectivity index (χ3n) is 2.98. The summed E-state index contributed by atoms with van der Waals surface area (Å²) >= 11 is 0. The number of rotatable bonds is 1. The summed E-state index contributed by atoms with van der Waals surface area (Å²) in [6.45, 7) is 2.05. The fraction of sp³-hybridized carbons (Fsp3) is 0.143. The fourth-order valence-electron chi connectivity index (χ4n) is 2.28. The lowest BCUT2D eigenvalue weighted by Gasteiger charge is -2.01. The fourth-order valence-corrected chi connectivity index (χ4v) is 2.28. The third kappa shape index (κ3) is 1.23. The van der Waals surface area contributed by atoms with Crippen molar-refractivity contribution < 1.29 is 0 Å². The van der Waals surface area contributed by atoms with Crippen LogP contribution in [0.15, 0.2) is 36.5 Å². The zero-order valence-corrected chi connectivity index (χ0v) is 8.75. The van der Waals surface area contributed by atoms with Gasteiger partial charge in [-0.15, -0.1) is 0 Å².